The highest BCUT2D eigenvalue weighted by Gasteiger charge is 2.23. The molecule has 0 aromatic heterocycles. The minimum absolute atomic E-state index is 0.428. The average molecular weight is 356 g/mol. The number of aliphatic imine (C=N–C) groups is 1. The molecule has 1 rings (SSSR count). The van der Waals surface area contributed by atoms with Crippen molar-refractivity contribution >= 4 is 5.96 Å². The lowest BCUT2D eigenvalue weighted by Crippen LogP contribution is -2.50. The standard InChI is InChI=1S/C19H41N5O/c1-8-20-19(21-9-10-23(15(2)3)16(4)5)22-13-17(6)24-11-12-25-14-18(24)7/h15-18H,8-14H2,1-7H3,(H2,20,21,22). The first-order chi connectivity index (χ1) is 11.9. The molecule has 0 spiro atoms. The normalized spacial score (nSPS) is 21.2. The third kappa shape index (κ3) is 7.92. The van der Waals surface area contributed by atoms with E-state index in [1.165, 1.54) is 0 Å². The molecule has 0 bridgehead atoms. The second-order valence-electron chi connectivity index (χ2n) is 7.58. The zero-order valence-electron chi connectivity index (χ0n) is 17.5. The van der Waals surface area contributed by atoms with Gasteiger partial charge in [0.2, 0.25) is 0 Å². The molecule has 0 radical (unpaired) electrons. The zero-order valence-corrected chi connectivity index (χ0v) is 17.5. The van der Waals surface area contributed by atoms with Crippen LogP contribution < -0.4 is 10.6 Å². The van der Waals surface area contributed by atoms with Gasteiger partial charge >= 0.3 is 0 Å². The van der Waals surface area contributed by atoms with Gasteiger partial charge in [-0.3, -0.25) is 14.8 Å². The summed E-state index contributed by atoms with van der Waals surface area (Å²) in [5.41, 5.74) is 0. The van der Waals surface area contributed by atoms with Crippen molar-refractivity contribution in [1.82, 2.24) is 20.4 Å². The van der Waals surface area contributed by atoms with Crippen LogP contribution in [0.5, 0.6) is 0 Å². The highest BCUT2D eigenvalue weighted by atomic mass is 16.5. The summed E-state index contributed by atoms with van der Waals surface area (Å²) in [5.74, 6) is 0.919. The Morgan fingerprint density at radius 2 is 1.88 bits per heavy atom. The molecule has 0 aromatic carbocycles. The lowest BCUT2D eigenvalue weighted by molar-refractivity contribution is -0.0165. The van der Waals surface area contributed by atoms with E-state index in [0.29, 0.717) is 24.2 Å². The van der Waals surface area contributed by atoms with Gasteiger partial charge in [-0.1, -0.05) is 0 Å². The number of nitrogens with one attached hydrogen (secondary N) is 2. The molecule has 1 saturated heterocycles. The second kappa shape index (κ2) is 11.7. The van der Waals surface area contributed by atoms with E-state index in [9.17, 15) is 0 Å². The number of ether oxygens (including phenoxy) is 1. The van der Waals surface area contributed by atoms with Crippen molar-refractivity contribution in [2.75, 3.05) is 45.9 Å². The van der Waals surface area contributed by atoms with Crippen molar-refractivity contribution < 1.29 is 4.74 Å². The molecule has 0 aliphatic carbocycles. The molecule has 2 N–H and O–H groups in total. The summed E-state index contributed by atoms with van der Waals surface area (Å²) >= 11 is 0. The van der Waals surface area contributed by atoms with E-state index in [1.54, 1.807) is 0 Å². The van der Waals surface area contributed by atoms with Gasteiger partial charge in [-0.05, 0) is 48.5 Å². The van der Waals surface area contributed by atoms with Crippen LogP contribution in [-0.2, 0) is 4.74 Å². The van der Waals surface area contributed by atoms with E-state index < -0.39 is 0 Å². The predicted molar refractivity (Wildman–Crippen MR) is 107 cm³/mol. The van der Waals surface area contributed by atoms with Gasteiger partial charge in [-0.25, -0.2) is 0 Å². The summed E-state index contributed by atoms with van der Waals surface area (Å²) in [7, 11) is 0. The molecule has 0 amide bonds. The molecule has 25 heavy (non-hydrogen) atoms. The minimum Gasteiger partial charge on any atom is -0.379 e. The third-order valence-corrected chi connectivity index (χ3v) is 4.83. The van der Waals surface area contributed by atoms with Gasteiger partial charge in [0.25, 0.3) is 0 Å². The van der Waals surface area contributed by atoms with Crippen LogP contribution in [0.2, 0.25) is 0 Å². The Bertz CT molecular complexity index is 378. The third-order valence-electron chi connectivity index (χ3n) is 4.83. The van der Waals surface area contributed by atoms with Crippen LogP contribution in [0.4, 0.5) is 0 Å². The molecule has 6 nitrogen and oxygen atoms in total. The molecule has 0 aromatic rings. The number of nitrogens with zero attached hydrogens (tertiary/aromatic N) is 3. The Morgan fingerprint density at radius 1 is 1.20 bits per heavy atom. The van der Waals surface area contributed by atoms with Gasteiger partial charge in [-0.15, -0.1) is 0 Å². The maximum atomic E-state index is 5.53. The lowest BCUT2D eigenvalue weighted by atomic mass is 10.2. The van der Waals surface area contributed by atoms with E-state index in [-0.39, 0.29) is 0 Å². The SMILES string of the molecule is CCNC(=NCC(C)N1CCOCC1C)NCCN(C(C)C)C(C)C. The molecule has 0 saturated carbocycles. The van der Waals surface area contributed by atoms with Crippen LogP contribution in [0.25, 0.3) is 0 Å². The largest absolute Gasteiger partial charge is 0.379 e. The highest BCUT2D eigenvalue weighted by molar-refractivity contribution is 5.79. The Morgan fingerprint density at radius 3 is 2.44 bits per heavy atom. The van der Waals surface area contributed by atoms with Crippen molar-refractivity contribution in [3.8, 4) is 0 Å². The quantitative estimate of drug-likeness (QED) is 0.488. The Labute approximate surface area is 155 Å². The van der Waals surface area contributed by atoms with Gasteiger partial charge in [0.05, 0.1) is 19.8 Å². The Hall–Kier alpha value is -0.850. The van der Waals surface area contributed by atoms with Crippen molar-refractivity contribution in [3.05, 3.63) is 0 Å². The smallest absolute Gasteiger partial charge is 0.191 e. The number of rotatable bonds is 9. The first kappa shape index (κ1) is 22.2. The molecule has 2 unspecified atom stereocenters. The Kier molecular flexibility index (Phi) is 10.4. The van der Waals surface area contributed by atoms with Gasteiger partial charge in [0.1, 0.15) is 0 Å². The number of morpholine rings is 1. The molecule has 2 atom stereocenters. The van der Waals surface area contributed by atoms with E-state index in [0.717, 1.165) is 51.9 Å². The number of guanidine groups is 1. The van der Waals surface area contributed by atoms with Crippen LogP contribution in [0.3, 0.4) is 0 Å². The summed E-state index contributed by atoms with van der Waals surface area (Å²) in [6.45, 7) is 21.9. The topological polar surface area (TPSA) is 52.1 Å². The van der Waals surface area contributed by atoms with Gasteiger partial charge in [-0.2, -0.15) is 0 Å². The highest BCUT2D eigenvalue weighted by Crippen LogP contribution is 2.10. The van der Waals surface area contributed by atoms with E-state index in [1.807, 2.05) is 0 Å². The second-order valence-corrected chi connectivity index (χ2v) is 7.58. The molecule has 1 fully saturated rings. The molecule has 6 heteroatoms. The predicted octanol–water partition coefficient (Wildman–Crippen LogP) is 1.77. The number of hydrogen-bond donors (Lipinski definition) is 2. The van der Waals surface area contributed by atoms with E-state index in [4.69, 9.17) is 9.73 Å². The van der Waals surface area contributed by atoms with Crippen molar-refractivity contribution in [3.63, 3.8) is 0 Å². The van der Waals surface area contributed by atoms with E-state index >= 15 is 0 Å². The molecular weight excluding hydrogens is 314 g/mol. The first-order valence-corrected chi connectivity index (χ1v) is 9.98. The molecule has 1 aliphatic heterocycles. The fourth-order valence-electron chi connectivity index (χ4n) is 3.48. The van der Waals surface area contributed by atoms with Crippen LogP contribution in [0, 0.1) is 0 Å². The monoisotopic (exact) mass is 355 g/mol. The van der Waals surface area contributed by atoms with E-state index in [2.05, 4.69) is 68.9 Å². The summed E-state index contributed by atoms with van der Waals surface area (Å²) in [5, 5.41) is 6.85. The summed E-state index contributed by atoms with van der Waals surface area (Å²) in [6.07, 6.45) is 0. The molecule has 1 heterocycles. The molecular formula is C19H41N5O. The van der Waals surface area contributed by atoms with Gasteiger partial charge in [0, 0.05) is 50.3 Å². The van der Waals surface area contributed by atoms with Crippen molar-refractivity contribution in [2.45, 2.75) is 72.6 Å². The van der Waals surface area contributed by atoms with Gasteiger partial charge < -0.3 is 15.4 Å². The van der Waals surface area contributed by atoms with Crippen LogP contribution in [-0.4, -0.2) is 85.9 Å². The maximum Gasteiger partial charge on any atom is 0.191 e. The zero-order chi connectivity index (χ0) is 18.8. The fraction of sp³-hybridized carbons (Fsp3) is 0.947. The summed E-state index contributed by atoms with van der Waals surface area (Å²) < 4.78 is 5.53. The minimum atomic E-state index is 0.428. The van der Waals surface area contributed by atoms with Crippen molar-refractivity contribution in [2.24, 2.45) is 4.99 Å². The first-order valence-electron chi connectivity index (χ1n) is 9.98. The lowest BCUT2D eigenvalue weighted by Gasteiger charge is -2.37. The van der Waals surface area contributed by atoms with Crippen LogP contribution in [0.1, 0.15) is 48.5 Å². The summed E-state index contributed by atoms with van der Waals surface area (Å²) in [4.78, 5) is 9.79. The van der Waals surface area contributed by atoms with Crippen molar-refractivity contribution in [1.29, 1.82) is 0 Å². The molecule has 1 aliphatic rings. The Balaban J connectivity index is 2.50. The van der Waals surface area contributed by atoms with Gasteiger partial charge in [0.15, 0.2) is 5.96 Å². The fourth-order valence-corrected chi connectivity index (χ4v) is 3.48. The average Bonchev–Trinajstić information content (AvgIpc) is 2.55. The number of hydrogen-bond acceptors (Lipinski definition) is 4. The van der Waals surface area contributed by atoms with Crippen LogP contribution in [0.15, 0.2) is 4.99 Å². The maximum absolute atomic E-state index is 5.53. The molecule has 148 valence electrons. The van der Waals surface area contributed by atoms with Crippen LogP contribution >= 0.6 is 0 Å². The summed E-state index contributed by atoms with van der Waals surface area (Å²) in [6, 6.07) is 2.02.